The standard InChI is InChI=1S/C16H24N4OS/c1-6-15-17-8-13(22-15)9-20(5)16(21)10(2)7-14-11(3)18-19-12(14)4/h8,10H,6-7,9H2,1-5H3,(H,18,19)/t10-/m0/s1. The molecule has 0 spiro atoms. The third-order valence-electron chi connectivity index (χ3n) is 3.89. The Hall–Kier alpha value is -1.69. The fourth-order valence-corrected chi connectivity index (χ4v) is 3.46. The van der Waals surface area contributed by atoms with Crippen LogP contribution in [0.2, 0.25) is 0 Å². The number of nitrogens with one attached hydrogen (secondary N) is 1. The molecule has 0 radical (unpaired) electrons. The molecule has 0 fully saturated rings. The number of rotatable bonds is 6. The number of nitrogens with zero attached hydrogens (tertiary/aromatic N) is 3. The molecular weight excluding hydrogens is 296 g/mol. The van der Waals surface area contributed by atoms with Crippen LogP contribution in [-0.2, 0) is 24.2 Å². The lowest BCUT2D eigenvalue weighted by Gasteiger charge is -2.20. The van der Waals surface area contributed by atoms with E-state index < -0.39 is 0 Å². The molecule has 1 N–H and O–H groups in total. The van der Waals surface area contributed by atoms with E-state index >= 15 is 0 Å². The molecule has 2 heterocycles. The van der Waals surface area contributed by atoms with Crippen molar-refractivity contribution in [3.63, 3.8) is 0 Å². The molecule has 2 rings (SSSR count). The molecule has 2 aromatic heterocycles. The quantitative estimate of drug-likeness (QED) is 0.890. The molecule has 0 saturated heterocycles. The smallest absolute Gasteiger partial charge is 0.225 e. The van der Waals surface area contributed by atoms with Gasteiger partial charge in [-0.3, -0.25) is 9.89 Å². The number of hydrogen-bond acceptors (Lipinski definition) is 4. The van der Waals surface area contributed by atoms with E-state index in [2.05, 4.69) is 22.1 Å². The summed E-state index contributed by atoms with van der Waals surface area (Å²) in [5.41, 5.74) is 3.19. The van der Waals surface area contributed by atoms with Crippen LogP contribution in [0, 0.1) is 19.8 Å². The van der Waals surface area contributed by atoms with Crippen molar-refractivity contribution >= 4 is 17.2 Å². The number of amides is 1. The number of thiazole rings is 1. The minimum Gasteiger partial charge on any atom is -0.340 e. The highest BCUT2D eigenvalue weighted by molar-refractivity contribution is 7.11. The zero-order valence-corrected chi connectivity index (χ0v) is 14.8. The second kappa shape index (κ2) is 7.05. The molecule has 2 aromatic rings. The number of carbonyl (C=O) groups is 1. The van der Waals surface area contributed by atoms with Gasteiger partial charge in [0, 0.05) is 29.7 Å². The maximum Gasteiger partial charge on any atom is 0.225 e. The predicted octanol–water partition coefficient (Wildman–Crippen LogP) is 2.88. The van der Waals surface area contributed by atoms with Gasteiger partial charge in [-0.25, -0.2) is 4.98 Å². The van der Waals surface area contributed by atoms with Crippen LogP contribution >= 0.6 is 11.3 Å². The van der Waals surface area contributed by atoms with E-state index in [1.54, 1.807) is 16.2 Å². The van der Waals surface area contributed by atoms with Crippen molar-refractivity contribution < 1.29 is 4.79 Å². The highest BCUT2D eigenvalue weighted by atomic mass is 32.1. The third kappa shape index (κ3) is 3.74. The Labute approximate surface area is 135 Å². The zero-order valence-electron chi connectivity index (χ0n) is 13.9. The van der Waals surface area contributed by atoms with Gasteiger partial charge >= 0.3 is 0 Å². The molecule has 120 valence electrons. The average Bonchev–Trinajstić information content (AvgIpc) is 3.07. The Kier molecular flexibility index (Phi) is 5.34. The van der Waals surface area contributed by atoms with E-state index in [-0.39, 0.29) is 11.8 Å². The molecule has 0 unspecified atom stereocenters. The van der Waals surface area contributed by atoms with Gasteiger partial charge in [0.2, 0.25) is 5.91 Å². The van der Waals surface area contributed by atoms with Crippen LogP contribution in [0.4, 0.5) is 0 Å². The minimum atomic E-state index is -0.0569. The molecule has 1 amide bonds. The summed E-state index contributed by atoms with van der Waals surface area (Å²) in [6, 6.07) is 0. The maximum atomic E-state index is 12.6. The summed E-state index contributed by atoms with van der Waals surface area (Å²) in [5.74, 6) is 0.102. The fraction of sp³-hybridized carbons (Fsp3) is 0.562. The van der Waals surface area contributed by atoms with E-state index in [0.29, 0.717) is 6.54 Å². The number of carbonyl (C=O) groups excluding carboxylic acids is 1. The van der Waals surface area contributed by atoms with Crippen molar-refractivity contribution in [3.8, 4) is 0 Å². The summed E-state index contributed by atoms with van der Waals surface area (Å²) >= 11 is 1.68. The number of aromatic amines is 1. The van der Waals surface area contributed by atoms with Crippen LogP contribution in [0.15, 0.2) is 6.20 Å². The Morgan fingerprint density at radius 3 is 2.73 bits per heavy atom. The summed E-state index contributed by atoms with van der Waals surface area (Å²) in [6.45, 7) is 8.68. The number of aryl methyl sites for hydroxylation is 3. The van der Waals surface area contributed by atoms with E-state index in [1.807, 2.05) is 34.0 Å². The van der Waals surface area contributed by atoms with Gasteiger partial charge in [-0.1, -0.05) is 13.8 Å². The molecule has 0 aliphatic carbocycles. The second-order valence-electron chi connectivity index (χ2n) is 5.79. The van der Waals surface area contributed by atoms with Crippen LogP contribution in [-0.4, -0.2) is 33.0 Å². The van der Waals surface area contributed by atoms with Gasteiger partial charge in [0.25, 0.3) is 0 Å². The van der Waals surface area contributed by atoms with Crippen LogP contribution in [0.5, 0.6) is 0 Å². The molecule has 6 heteroatoms. The van der Waals surface area contributed by atoms with Crippen molar-refractivity contribution in [1.82, 2.24) is 20.1 Å². The number of H-pyrrole nitrogens is 1. The van der Waals surface area contributed by atoms with Gasteiger partial charge in [0.15, 0.2) is 0 Å². The maximum absolute atomic E-state index is 12.6. The summed E-state index contributed by atoms with van der Waals surface area (Å²) in [5, 5.41) is 8.29. The predicted molar refractivity (Wildman–Crippen MR) is 88.9 cm³/mol. The Morgan fingerprint density at radius 1 is 1.45 bits per heavy atom. The van der Waals surface area contributed by atoms with Gasteiger partial charge in [0.05, 0.1) is 17.2 Å². The topological polar surface area (TPSA) is 61.9 Å². The van der Waals surface area contributed by atoms with E-state index in [4.69, 9.17) is 0 Å². The number of aromatic nitrogens is 3. The SMILES string of the molecule is CCc1ncc(CN(C)C(=O)[C@@H](C)Cc2c(C)n[nH]c2C)s1. The Bertz CT molecular complexity index is 627. The molecule has 22 heavy (non-hydrogen) atoms. The van der Waals surface area contributed by atoms with E-state index in [0.717, 1.165) is 39.7 Å². The molecule has 0 aliphatic heterocycles. The first kappa shape index (κ1) is 16.7. The Balaban J connectivity index is 1.97. The lowest BCUT2D eigenvalue weighted by molar-refractivity contribution is -0.134. The van der Waals surface area contributed by atoms with Crippen molar-refractivity contribution in [2.75, 3.05) is 7.05 Å². The second-order valence-corrected chi connectivity index (χ2v) is 6.99. The van der Waals surface area contributed by atoms with Gasteiger partial charge < -0.3 is 4.90 Å². The van der Waals surface area contributed by atoms with E-state index in [1.165, 1.54) is 0 Å². The molecule has 0 aliphatic rings. The van der Waals surface area contributed by atoms with Gasteiger partial charge in [-0.2, -0.15) is 5.10 Å². The molecular formula is C16H24N4OS. The van der Waals surface area contributed by atoms with Crippen molar-refractivity contribution in [3.05, 3.63) is 33.0 Å². The summed E-state index contributed by atoms with van der Waals surface area (Å²) in [7, 11) is 1.86. The van der Waals surface area contributed by atoms with Crippen LogP contribution in [0.1, 0.15) is 40.7 Å². The van der Waals surface area contributed by atoms with Gasteiger partial charge in [-0.05, 0) is 32.3 Å². The molecule has 0 bridgehead atoms. The third-order valence-corrected chi connectivity index (χ3v) is 5.01. The van der Waals surface area contributed by atoms with Crippen LogP contribution in [0.3, 0.4) is 0 Å². The lowest BCUT2D eigenvalue weighted by atomic mass is 9.98. The monoisotopic (exact) mass is 320 g/mol. The number of hydrogen-bond donors (Lipinski definition) is 1. The van der Waals surface area contributed by atoms with Crippen molar-refractivity contribution in [2.45, 2.75) is 47.1 Å². The largest absolute Gasteiger partial charge is 0.340 e. The van der Waals surface area contributed by atoms with E-state index in [9.17, 15) is 4.79 Å². The molecule has 5 nitrogen and oxygen atoms in total. The summed E-state index contributed by atoms with van der Waals surface area (Å²) in [4.78, 5) is 19.8. The fourth-order valence-electron chi connectivity index (χ4n) is 2.54. The van der Waals surface area contributed by atoms with Gasteiger partial charge in [-0.15, -0.1) is 11.3 Å². The van der Waals surface area contributed by atoms with Gasteiger partial charge in [0.1, 0.15) is 0 Å². The highest BCUT2D eigenvalue weighted by Crippen LogP contribution is 2.19. The molecule has 0 saturated carbocycles. The molecule has 1 atom stereocenters. The van der Waals surface area contributed by atoms with Crippen molar-refractivity contribution in [1.29, 1.82) is 0 Å². The van der Waals surface area contributed by atoms with Crippen molar-refractivity contribution in [2.24, 2.45) is 5.92 Å². The highest BCUT2D eigenvalue weighted by Gasteiger charge is 2.21. The van der Waals surface area contributed by atoms with Crippen LogP contribution < -0.4 is 0 Å². The lowest BCUT2D eigenvalue weighted by Crippen LogP contribution is -2.32. The first-order valence-electron chi connectivity index (χ1n) is 7.61. The Morgan fingerprint density at radius 2 is 2.18 bits per heavy atom. The minimum absolute atomic E-state index is 0.0569. The van der Waals surface area contributed by atoms with Crippen LogP contribution in [0.25, 0.3) is 0 Å². The summed E-state index contributed by atoms with van der Waals surface area (Å²) < 4.78 is 0. The average molecular weight is 320 g/mol. The first-order chi connectivity index (χ1) is 10.4. The normalized spacial score (nSPS) is 12.4. The summed E-state index contributed by atoms with van der Waals surface area (Å²) in [6.07, 6.45) is 3.54. The first-order valence-corrected chi connectivity index (χ1v) is 8.43. The zero-order chi connectivity index (χ0) is 16.3. The molecule has 0 aromatic carbocycles.